The SMILES string of the molecule is N/C(=N/O)c1ccc(Sc2ncn[nH]2)cc1Br. The molecule has 0 aliphatic carbocycles. The molecule has 0 unspecified atom stereocenters. The van der Waals surface area contributed by atoms with Gasteiger partial charge in [0.15, 0.2) is 11.0 Å². The Balaban J connectivity index is 2.25. The predicted octanol–water partition coefficient (Wildman–Crippen LogP) is 1.81. The zero-order chi connectivity index (χ0) is 12.3. The maximum Gasteiger partial charge on any atom is 0.188 e. The molecule has 0 atom stereocenters. The molecular weight excluding hydrogens is 306 g/mol. The van der Waals surface area contributed by atoms with E-state index >= 15 is 0 Å². The average molecular weight is 314 g/mol. The molecule has 0 fully saturated rings. The van der Waals surface area contributed by atoms with Gasteiger partial charge in [-0.25, -0.2) is 4.98 Å². The fourth-order valence-electron chi connectivity index (χ4n) is 1.18. The minimum Gasteiger partial charge on any atom is -0.409 e. The smallest absolute Gasteiger partial charge is 0.188 e. The molecule has 0 saturated carbocycles. The van der Waals surface area contributed by atoms with Crippen molar-refractivity contribution in [1.82, 2.24) is 15.2 Å². The van der Waals surface area contributed by atoms with Crippen molar-refractivity contribution in [2.75, 3.05) is 0 Å². The number of H-pyrrole nitrogens is 1. The highest BCUT2D eigenvalue weighted by Gasteiger charge is 2.07. The summed E-state index contributed by atoms with van der Waals surface area (Å²) in [6.07, 6.45) is 1.45. The number of benzene rings is 1. The van der Waals surface area contributed by atoms with E-state index < -0.39 is 0 Å². The standard InChI is InChI=1S/C9H8BrN5OS/c10-7-3-5(17-9-12-4-13-14-9)1-2-6(7)8(11)15-16/h1-4,16H,(H2,11,15)(H,12,13,14). The Hall–Kier alpha value is -1.54. The number of rotatable bonds is 3. The topological polar surface area (TPSA) is 100 Å². The van der Waals surface area contributed by atoms with E-state index in [1.54, 1.807) is 6.07 Å². The van der Waals surface area contributed by atoms with Crippen molar-refractivity contribution in [2.24, 2.45) is 10.9 Å². The number of halogens is 1. The Morgan fingerprint density at radius 2 is 2.35 bits per heavy atom. The molecule has 1 heterocycles. The third-order valence-corrected chi connectivity index (χ3v) is 3.47. The fourth-order valence-corrected chi connectivity index (χ4v) is 2.64. The molecule has 0 spiro atoms. The quantitative estimate of drug-likeness (QED) is 0.347. The molecule has 4 N–H and O–H groups in total. The first kappa shape index (κ1) is 11.9. The molecule has 88 valence electrons. The summed E-state index contributed by atoms with van der Waals surface area (Å²) in [5.74, 6) is 0.0630. The first-order valence-electron chi connectivity index (χ1n) is 4.51. The van der Waals surface area contributed by atoms with E-state index in [2.05, 4.69) is 36.3 Å². The second-order valence-electron chi connectivity index (χ2n) is 3.02. The van der Waals surface area contributed by atoms with E-state index in [9.17, 15) is 0 Å². The Labute approximate surface area is 109 Å². The van der Waals surface area contributed by atoms with Crippen LogP contribution in [0.2, 0.25) is 0 Å². The molecular formula is C9H8BrN5OS. The van der Waals surface area contributed by atoms with Gasteiger partial charge in [0.2, 0.25) is 0 Å². The summed E-state index contributed by atoms with van der Waals surface area (Å²) in [6, 6.07) is 5.48. The van der Waals surface area contributed by atoms with Crippen LogP contribution in [0.5, 0.6) is 0 Å². The van der Waals surface area contributed by atoms with Gasteiger partial charge in [0.25, 0.3) is 0 Å². The fraction of sp³-hybridized carbons (Fsp3) is 0. The highest BCUT2D eigenvalue weighted by molar-refractivity contribution is 9.10. The lowest BCUT2D eigenvalue weighted by molar-refractivity contribution is 0.318. The van der Waals surface area contributed by atoms with Crippen molar-refractivity contribution in [3.8, 4) is 0 Å². The molecule has 2 aromatic rings. The van der Waals surface area contributed by atoms with Gasteiger partial charge in [-0.3, -0.25) is 5.10 Å². The summed E-state index contributed by atoms with van der Waals surface area (Å²) in [7, 11) is 0. The van der Waals surface area contributed by atoms with Crippen LogP contribution >= 0.6 is 27.7 Å². The molecule has 0 radical (unpaired) electrons. The number of hydrogen-bond acceptors (Lipinski definition) is 5. The molecule has 17 heavy (non-hydrogen) atoms. The van der Waals surface area contributed by atoms with Crippen LogP contribution in [0.25, 0.3) is 0 Å². The van der Waals surface area contributed by atoms with Crippen molar-refractivity contribution in [1.29, 1.82) is 0 Å². The second-order valence-corrected chi connectivity index (χ2v) is 4.94. The van der Waals surface area contributed by atoms with Gasteiger partial charge in [-0.2, -0.15) is 5.10 Å². The molecule has 0 aliphatic heterocycles. The number of aromatic nitrogens is 3. The van der Waals surface area contributed by atoms with Gasteiger partial charge in [0, 0.05) is 14.9 Å². The molecule has 8 heteroatoms. The van der Waals surface area contributed by atoms with Gasteiger partial charge < -0.3 is 10.9 Å². The Morgan fingerprint density at radius 3 is 2.94 bits per heavy atom. The maximum absolute atomic E-state index is 8.60. The van der Waals surface area contributed by atoms with Crippen LogP contribution in [0.1, 0.15) is 5.56 Å². The number of nitrogens with two attached hydrogens (primary N) is 1. The van der Waals surface area contributed by atoms with Gasteiger partial charge in [-0.15, -0.1) is 0 Å². The largest absolute Gasteiger partial charge is 0.409 e. The zero-order valence-electron chi connectivity index (χ0n) is 8.46. The van der Waals surface area contributed by atoms with Crippen LogP contribution in [0.4, 0.5) is 0 Å². The lowest BCUT2D eigenvalue weighted by atomic mass is 10.2. The van der Waals surface area contributed by atoms with Crippen LogP contribution in [-0.2, 0) is 0 Å². The molecule has 2 rings (SSSR count). The minimum absolute atomic E-state index is 0.0630. The summed E-state index contributed by atoms with van der Waals surface area (Å²) in [4.78, 5) is 4.97. The van der Waals surface area contributed by atoms with Gasteiger partial charge in [-0.1, -0.05) is 16.9 Å². The van der Waals surface area contributed by atoms with Gasteiger partial charge in [0.05, 0.1) is 0 Å². The van der Waals surface area contributed by atoms with Crippen molar-refractivity contribution in [3.63, 3.8) is 0 Å². The summed E-state index contributed by atoms with van der Waals surface area (Å²) in [5, 5.41) is 18.8. The van der Waals surface area contributed by atoms with Crippen molar-refractivity contribution in [2.45, 2.75) is 10.1 Å². The van der Waals surface area contributed by atoms with Crippen LogP contribution in [0.3, 0.4) is 0 Å². The number of oxime groups is 1. The van der Waals surface area contributed by atoms with E-state index in [1.807, 2.05) is 12.1 Å². The molecule has 0 amide bonds. The van der Waals surface area contributed by atoms with Crippen LogP contribution < -0.4 is 5.73 Å². The van der Waals surface area contributed by atoms with E-state index in [1.165, 1.54) is 18.1 Å². The maximum atomic E-state index is 8.60. The highest BCUT2D eigenvalue weighted by atomic mass is 79.9. The van der Waals surface area contributed by atoms with Crippen LogP contribution in [-0.4, -0.2) is 26.2 Å². The average Bonchev–Trinajstić information content (AvgIpc) is 2.81. The van der Waals surface area contributed by atoms with Gasteiger partial charge in [-0.05, 0) is 34.1 Å². The molecule has 1 aromatic carbocycles. The van der Waals surface area contributed by atoms with Gasteiger partial charge in [0.1, 0.15) is 6.33 Å². The molecule has 1 aromatic heterocycles. The third kappa shape index (κ3) is 2.77. The Morgan fingerprint density at radius 1 is 1.53 bits per heavy atom. The number of nitrogens with zero attached hydrogens (tertiary/aromatic N) is 3. The zero-order valence-corrected chi connectivity index (χ0v) is 10.9. The summed E-state index contributed by atoms with van der Waals surface area (Å²) < 4.78 is 0.748. The summed E-state index contributed by atoms with van der Waals surface area (Å²) in [5.41, 5.74) is 6.15. The molecule has 0 saturated heterocycles. The minimum atomic E-state index is 0.0630. The summed E-state index contributed by atoms with van der Waals surface area (Å²) >= 11 is 4.80. The van der Waals surface area contributed by atoms with E-state index in [4.69, 9.17) is 10.9 Å². The lowest BCUT2D eigenvalue weighted by Crippen LogP contribution is -2.13. The Kier molecular flexibility index (Phi) is 3.64. The monoisotopic (exact) mass is 313 g/mol. The summed E-state index contributed by atoms with van der Waals surface area (Å²) in [6.45, 7) is 0. The third-order valence-electron chi connectivity index (χ3n) is 1.93. The first-order chi connectivity index (χ1) is 8.20. The predicted molar refractivity (Wildman–Crippen MR) is 67.2 cm³/mol. The van der Waals surface area contributed by atoms with E-state index in [0.29, 0.717) is 10.7 Å². The first-order valence-corrected chi connectivity index (χ1v) is 6.12. The molecule has 0 aliphatic rings. The number of aromatic amines is 1. The number of nitrogens with one attached hydrogen (secondary N) is 1. The van der Waals surface area contributed by atoms with E-state index in [-0.39, 0.29) is 5.84 Å². The highest BCUT2D eigenvalue weighted by Crippen LogP contribution is 2.28. The molecule has 6 nitrogen and oxygen atoms in total. The lowest BCUT2D eigenvalue weighted by Gasteiger charge is -2.04. The number of amidine groups is 1. The van der Waals surface area contributed by atoms with Crippen molar-refractivity contribution in [3.05, 3.63) is 34.6 Å². The molecule has 0 bridgehead atoms. The van der Waals surface area contributed by atoms with Crippen molar-refractivity contribution < 1.29 is 5.21 Å². The number of hydrogen-bond donors (Lipinski definition) is 3. The van der Waals surface area contributed by atoms with Crippen molar-refractivity contribution >= 4 is 33.5 Å². The Bertz CT molecular complexity index is 542. The van der Waals surface area contributed by atoms with Crippen LogP contribution in [0, 0.1) is 0 Å². The van der Waals surface area contributed by atoms with Crippen LogP contribution in [0.15, 0.2) is 44.2 Å². The van der Waals surface area contributed by atoms with E-state index in [0.717, 1.165) is 9.37 Å². The normalized spacial score (nSPS) is 11.7. The van der Waals surface area contributed by atoms with Gasteiger partial charge >= 0.3 is 0 Å². The second kappa shape index (κ2) is 5.19.